The lowest BCUT2D eigenvalue weighted by Gasteiger charge is -2.25. The first-order valence-electron chi connectivity index (χ1n) is 5.38. The van der Waals surface area contributed by atoms with E-state index >= 15 is 0 Å². The Morgan fingerprint density at radius 1 is 1.33 bits per heavy atom. The molecule has 0 aromatic heterocycles. The molecule has 0 amide bonds. The third-order valence-electron chi connectivity index (χ3n) is 2.74. The van der Waals surface area contributed by atoms with Crippen molar-refractivity contribution in [3.8, 4) is 0 Å². The molecular weight excluding hydrogens is 342 g/mol. The highest BCUT2D eigenvalue weighted by atomic mass is 79.9. The van der Waals surface area contributed by atoms with Gasteiger partial charge in [-0.25, -0.2) is 8.42 Å². The molecule has 0 unspecified atom stereocenters. The number of ketones is 1. The fourth-order valence-electron chi connectivity index (χ4n) is 1.80. The minimum atomic E-state index is -3.61. The van der Waals surface area contributed by atoms with Gasteiger partial charge in [0.25, 0.3) is 0 Å². The van der Waals surface area contributed by atoms with E-state index < -0.39 is 10.0 Å². The number of sulfonamides is 1. The zero-order valence-corrected chi connectivity index (χ0v) is 12.6. The van der Waals surface area contributed by atoms with E-state index in [1.165, 1.54) is 22.5 Å². The van der Waals surface area contributed by atoms with Gasteiger partial charge in [-0.05, 0) is 40.5 Å². The summed E-state index contributed by atoms with van der Waals surface area (Å²) in [5.41, 5.74) is 0. The first kappa shape index (κ1) is 14.0. The average Bonchev–Trinajstić information content (AvgIpc) is 2.32. The Labute approximate surface area is 119 Å². The minimum absolute atomic E-state index is 0.0391. The third-order valence-corrected chi connectivity index (χ3v) is 5.80. The molecule has 1 fully saturated rings. The molecule has 1 heterocycles. The van der Waals surface area contributed by atoms with Crippen molar-refractivity contribution >= 4 is 43.3 Å². The van der Waals surface area contributed by atoms with Gasteiger partial charge in [-0.15, -0.1) is 0 Å². The summed E-state index contributed by atoms with van der Waals surface area (Å²) in [6.45, 7) is 0.344. The van der Waals surface area contributed by atoms with Crippen molar-refractivity contribution in [2.45, 2.75) is 17.7 Å². The minimum Gasteiger partial charge on any atom is -0.298 e. The Morgan fingerprint density at radius 3 is 2.67 bits per heavy atom. The highest BCUT2D eigenvalue weighted by Crippen LogP contribution is 2.27. The van der Waals surface area contributed by atoms with E-state index in [0.717, 1.165) is 0 Å². The molecule has 0 atom stereocenters. The Hall–Kier alpha value is -0.430. The number of benzene rings is 1. The maximum Gasteiger partial charge on any atom is 0.243 e. The Morgan fingerprint density at radius 2 is 2.06 bits per heavy atom. The van der Waals surface area contributed by atoms with Crippen molar-refractivity contribution in [1.82, 2.24) is 4.31 Å². The van der Waals surface area contributed by atoms with E-state index in [9.17, 15) is 13.2 Å². The molecule has 0 spiro atoms. The predicted octanol–water partition coefficient (Wildman–Crippen LogP) is 2.46. The van der Waals surface area contributed by atoms with Gasteiger partial charge >= 0.3 is 0 Å². The quantitative estimate of drug-likeness (QED) is 0.821. The monoisotopic (exact) mass is 351 g/mol. The van der Waals surface area contributed by atoms with Crippen LogP contribution in [0.2, 0.25) is 5.02 Å². The standard InChI is InChI=1S/C11H11BrClNO3S/c12-10-6-9(3-4-11(10)13)18(16,17)14-5-1-2-8(15)7-14/h3-4,6H,1-2,5,7H2. The van der Waals surface area contributed by atoms with E-state index in [2.05, 4.69) is 15.9 Å². The number of nitrogens with zero attached hydrogens (tertiary/aromatic N) is 1. The number of carbonyl (C=O) groups excluding carboxylic acids is 1. The molecule has 98 valence electrons. The molecule has 4 nitrogen and oxygen atoms in total. The van der Waals surface area contributed by atoms with E-state index in [4.69, 9.17) is 11.6 Å². The second-order valence-electron chi connectivity index (χ2n) is 4.06. The lowest BCUT2D eigenvalue weighted by atomic mass is 10.1. The van der Waals surface area contributed by atoms with Crippen LogP contribution in [0.25, 0.3) is 0 Å². The predicted molar refractivity (Wildman–Crippen MR) is 72.2 cm³/mol. The van der Waals surface area contributed by atoms with Crippen LogP contribution in [0.4, 0.5) is 0 Å². The Bertz CT molecular complexity index is 588. The average molecular weight is 353 g/mol. The Balaban J connectivity index is 2.35. The zero-order chi connectivity index (χ0) is 13.3. The van der Waals surface area contributed by atoms with Crippen molar-refractivity contribution in [3.05, 3.63) is 27.7 Å². The number of rotatable bonds is 2. The lowest BCUT2D eigenvalue weighted by Crippen LogP contribution is -2.40. The van der Waals surface area contributed by atoms with Crippen molar-refractivity contribution < 1.29 is 13.2 Å². The summed E-state index contributed by atoms with van der Waals surface area (Å²) in [6, 6.07) is 4.42. The van der Waals surface area contributed by atoms with Gasteiger partial charge in [-0.2, -0.15) is 4.31 Å². The topological polar surface area (TPSA) is 54.5 Å². The van der Waals surface area contributed by atoms with Crippen LogP contribution in [0, 0.1) is 0 Å². The normalized spacial score (nSPS) is 18.0. The maximum absolute atomic E-state index is 12.3. The van der Waals surface area contributed by atoms with Crippen LogP contribution in [0.1, 0.15) is 12.8 Å². The molecule has 18 heavy (non-hydrogen) atoms. The summed E-state index contributed by atoms with van der Waals surface area (Å²) < 4.78 is 26.4. The fourth-order valence-corrected chi connectivity index (χ4v) is 3.94. The summed E-state index contributed by atoms with van der Waals surface area (Å²) in [5, 5.41) is 0.448. The van der Waals surface area contributed by atoms with Crippen LogP contribution in [0.15, 0.2) is 27.6 Å². The molecule has 0 N–H and O–H groups in total. The SMILES string of the molecule is O=C1CCCN(S(=O)(=O)c2ccc(Cl)c(Br)c2)C1. The van der Waals surface area contributed by atoms with E-state index in [1.54, 1.807) is 0 Å². The van der Waals surface area contributed by atoms with Crippen molar-refractivity contribution in [2.24, 2.45) is 0 Å². The Kier molecular flexibility index (Phi) is 4.11. The van der Waals surface area contributed by atoms with Crippen LogP contribution in [-0.4, -0.2) is 31.6 Å². The van der Waals surface area contributed by atoms with Crippen LogP contribution in [-0.2, 0) is 14.8 Å². The molecule has 0 aliphatic carbocycles. The molecule has 1 aliphatic rings. The molecule has 0 radical (unpaired) electrons. The van der Waals surface area contributed by atoms with Gasteiger partial charge in [0.15, 0.2) is 0 Å². The molecule has 1 aromatic carbocycles. The van der Waals surface area contributed by atoms with Crippen molar-refractivity contribution in [1.29, 1.82) is 0 Å². The summed E-state index contributed by atoms with van der Waals surface area (Å²) in [7, 11) is -3.61. The number of hydrogen-bond donors (Lipinski definition) is 0. The molecule has 7 heteroatoms. The van der Waals surface area contributed by atoms with Gasteiger partial charge in [-0.1, -0.05) is 11.6 Å². The smallest absolute Gasteiger partial charge is 0.243 e. The highest BCUT2D eigenvalue weighted by Gasteiger charge is 2.29. The lowest BCUT2D eigenvalue weighted by molar-refractivity contribution is -0.120. The molecule has 1 saturated heterocycles. The summed E-state index contributed by atoms with van der Waals surface area (Å²) in [5.74, 6) is -0.0437. The molecule has 0 saturated carbocycles. The summed E-state index contributed by atoms with van der Waals surface area (Å²) >= 11 is 9.02. The first-order chi connectivity index (χ1) is 8.41. The second-order valence-corrected chi connectivity index (χ2v) is 7.26. The van der Waals surface area contributed by atoms with Crippen LogP contribution >= 0.6 is 27.5 Å². The van der Waals surface area contributed by atoms with Gasteiger partial charge in [0.1, 0.15) is 5.78 Å². The maximum atomic E-state index is 12.3. The number of hydrogen-bond acceptors (Lipinski definition) is 3. The fraction of sp³-hybridized carbons (Fsp3) is 0.364. The molecule has 2 rings (SSSR count). The van der Waals surface area contributed by atoms with Gasteiger partial charge < -0.3 is 0 Å². The highest BCUT2D eigenvalue weighted by molar-refractivity contribution is 9.10. The van der Waals surface area contributed by atoms with Crippen LogP contribution < -0.4 is 0 Å². The molecule has 1 aliphatic heterocycles. The van der Waals surface area contributed by atoms with Crippen LogP contribution in [0.5, 0.6) is 0 Å². The van der Waals surface area contributed by atoms with E-state index in [0.29, 0.717) is 28.9 Å². The van der Waals surface area contributed by atoms with Crippen molar-refractivity contribution in [3.63, 3.8) is 0 Å². The summed E-state index contributed by atoms with van der Waals surface area (Å²) in [4.78, 5) is 11.5. The number of carbonyl (C=O) groups is 1. The molecular formula is C11H11BrClNO3S. The first-order valence-corrected chi connectivity index (χ1v) is 7.99. The molecule has 1 aromatic rings. The largest absolute Gasteiger partial charge is 0.298 e. The zero-order valence-electron chi connectivity index (χ0n) is 9.40. The number of Topliss-reactive ketones (excluding diaryl/α,β-unsaturated/α-hetero) is 1. The van der Waals surface area contributed by atoms with Gasteiger partial charge in [-0.3, -0.25) is 4.79 Å². The van der Waals surface area contributed by atoms with E-state index in [-0.39, 0.29) is 17.2 Å². The third kappa shape index (κ3) is 2.77. The van der Waals surface area contributed by atoms with Gasteiger partial charge in [0.05, 0.1) is 16.5 Å². The molecule has 0 bridgehead atoms. The number of piperidine rings is 1. The van der Waals surface area contributed by atoms with Crippen LogP contribution in [0.3, 0.4) is 0 Å². The second kappa shape index (κ2) is 5.28. The summed E-state index contributed by atoms with van der Waals surface area (Å²) in [6.07, 6.45) is 1.03. The van der Waals surface area contributed by atoms with Crippen molar-refractivity contribution in [2.75, 3.05) is 13.1 Å². The van der Waals surface area contributed by atoms with Gasteiger partial charge in [0, 0.05) is 17.4 Å². The van der Waals surface area contributed by atoms with Gasteiger partial charge in [0.2, 0.25) is 10.0 Å². The van der Waals surface area contributed by atoms with E-state index in [1.807, 2.05) is 0 Å². The number of halogens is 2.